The standard InChI is InChI=1S/C35H45F5O/c1-3-4-5-6-24-8-10-25(11-9-24)12-13-26-14-16-27(17-15-26)28-19-20-31(35(40)33(28)38)41-22-21-30(36)29-18-7-23(2)32(37)34(29)39/h7,12-13,18-20,24-27,30H,3-6,8-11,14-17,21-22H2,1-2H3/b13-12+. The summed E-state index contributed by atoms with van der Waals surface area (Å²) in [5.41, 5.74) is 0.0383. The molecule has 6 heteroatoms. The molecule has 1 atom stereocenters. The molecule has 1 unspecified atom stereocenters. The molecule has 4 rings (SSSR count). The van der Waals surface area contributed by atoms with E-state index in [1.807, 2.05) is 0 Å². The summed E-state index contributed by atoms with van der Waals surface area (Å²) in [6.07, 6.45) is 16.8. The summed E-state index contributed by atoms with van der Waals surface area (Å²) in [5, 5.41) is 0. The third-order valence-electron chi connectivity index (χ3n) is 9.32. The average Bonchev–Trinajstić information content (AvgIpc) is 2.98. The molecular formula is C35H45F5O. The van der Waals surface area contributed by atoms with E-state index in [4.69, 9.17) is 4.74 Å². The maximum atomic E-state index is 15.0. The van der Waals surface area contributed by atoms with Crippen LogP contribution in [0.15, 0.2) is 36.4 Å². The van der Waals surface area contributed by atoms with Crippen LogP contribution in [0.2, 0.25) is 0 Å². The number of hydrogen-bond donors (Lipinski definition) is 0. The van der Waals surface area contributed by atoms with Crippen molar-refractivity contribution in [1.29, 1.82) is 0 Å². The second kappa shape index (κ2) is 15.2. The van der Waals surface area contributed by atoms with Crippen molar-refractivity contribution >= 4 is 0 Å². The highest BCUT2D eigenvalue weighted by atomic mass is 19.2. The maximum absolute atomic E-state index is 15.0. The van der Waals surface area contributed by atoms with Crippen LogP contribution in [0.5, 0.6) is 5.75 Å². The molecule has 0 heterocycles. The number of halogens is 5. The first-order valence-electron chi connectivity index (χ1n) is 15.7. The van der Waals surface area contributed by atoms with E-state index in [9.17, 15) is 17.6 Å². The van der Waals surface area contributed by atoms with Crippen LogP contribution in [0, 0.1) is 47.9 Å². The van der Waals surface area contributed by atoms with E-state index in [0.717, 1.165) is 31.6 Å². The largest absolute Gasteiger partial charge is 0.490 e. The molecule has 0 bridgehead atoms. The molecular weight excluding hydrogens is 531 g/mol. The van der Waals surface area contributed by atoms with E-state index in [1.165, 1.54) is 76.5 Å². The fourth-order valence-electron chi connectivity index (χ4n) is 6.59. The normalized spacial score (nSPS) is 24.1. The fourth-order valence-corrected chi connectivity index (χ4v) is 6.59. The van der Waals surface area contributed by atoms with Crippen LogP contribution in [0.1, 0.15) is 119 Å². The Morgan fingerprint density at radius 3 is 2.10 bits per heavy atom. The maximum Gasteiger partial charge on any atom is 0.200 e. The molecule has 0 radical (unpaired) electrons. The lowest BCUT2D eigenvalue weighted by Gasteiger charge is -2.29. The van der Waals surface area contributed by atoms with Crippen LogP contribution in [-0.4, -0.2) is 6.61 Å². The van der Waals surface area contributed by atoms with Gasteiger partial charge in [0.15, 0.2) is 23.2 Å². The Morgan fingerprint density at radius 2 is 1.44 bits per heavy atom. The summed E-state index contributed by atoms with van der Waals surface area (Å²) in [7, 11) is 0. The number of aryl methyl sites for hydroxylation is 1. The van der Waals surface area contributed by atoms with Crippen molar-refractivity contribution in [3.8, 4) is 5.75 Å². The van der Waals surface area contributed by atoms with Gasteiger partial charge in [-0.1, -0.05) is 63.0 Å². The highest BCUT2D eigenvalue weighted by Gasteiger charge is 2.27. The van der Waals surface area contributed by atoms with Gasteiger partial charge in [-0.25, -0.2) is 17.6 Å². The minimum absolute atomic E-state index is 0.0450. The number of alkyl halides is 1. The van der Waals surface area contributed by atoms with Crippen LogP contribution in [-0.2, 0) is 0 Å². The Hall–Kier alpha value is -2.37. The van der Waals surface area contributed by atoms with Gasteiger partial charge in [0.25, 0.3) is 0 Å². The van der Waals surface area contributed by atoms with Gasteiger partial charge in [0.2, 0.25) is 5.82 Å². The van der Waals surface area contributed by atoms with Gasteiger partial charge >= 0.3 is 0 Å². The lowest BCUT2D eigenvalue weighted by molar-refractivity contribution is 0.224. The van der Waals surface area contributed by atoms with Crippen molar-refractivity contribution in [2.45, 2.75) is 109 Å². The first-order valence-corrected chi connectivity index (χ1v) is 15.7. The Kier molecular flexibility index (Phi) is 11.7. The predicted molar refractivity (Wildman–Crippen MR) is 155 cm³/mol. The summed E-state index contributed by atoms with van der Waals surface area (Å²) >= 11 is 0. The van der Waals surface area contributed by atoms with Gasteiger partial charge in [-0.15, -0.1) is 0 Å². The summed E-state index contributed by atoms with van der Waals surface area (Å²) in [5.74, 6) is -2.59. The molecule has 0 aliphatic heterocycles. The number of unbranched alkanes of at least 4 members (excludes halogenated alkanes) is 2. The van der Waals surface area contributed by atoms with Crippen molar-refractivity contribution in [2.24, 2.45) is 17.8 Å². The van der Waals surface area contributed by atoms with Crippen LogP contribution in [0.4, 0.5) is 22.0 Å². The van der Waals surface area contributed by atoms with Crippen molar-refractivity contribution in [3.05, 3.63) is 76.4 Å². The minimum atomic E-state index is -1.83. The van der Waals surface area contributed by atoms with E-state index in [0.29, 0.717) is 17.4 Å². The first kappa shape index (κ1) is 31.6. The molecule has 2 fully saturated rings. The number of ether oxygens (including phenoxy) is 1. The molecule has 2 aromatic carbocycles. The van der Waals surface area contributed by atoms with Crippen LogP contribution >= 0.6 is 0 Å². The number of allylic oxidation sites excluding steroid dienone is 2. The molecule has 2 aliphatic rings. The average molecular weight is 577 g/mol. The zero-order valence-electron chi connectivity index (χ0n) is 24.5. The van der Waals surface area contributed by atoms with Gasteiger partial charge in [-0.05, 0) is 99.2 Å². The smallest absolute Gasteiger partial charge is 0.200 e. The Bertz CT molecular complexity index is 1150. The highest BCUT2D eigenvalue weighted by Crippen LogP contribution is 2.40. The Labute approximate surface area is 242 Å². The second-order valence-electron chi connectivity index (χ2n) is 12.3. The number of rotatable bonds is 12. The van der Waals surface area contributed by atoms with Crippen LogP contribution in [0.3, 0.4) is 0 Å². The van der Waals surface area contributed by atoms with E-state index in [-0.39, 0.29) is 30.3 Å². The topological polar surface area (TPSA) is 9.23 Å². The molecule has 0 spiro atoms. The third-order valence-corrected chi connectivity index (χ3v) is 9.32. The van der Waals surface area contributed by atoms with Crippen molar-refractivity contribution in [2.75, 3.05) is 6.61 Å². The lowest BCUT2D eigenvalue weighted by atomic mass is 9.76. The summed E-state index contributed by atoms with van der Waals surface area (Å²) < 4.78 is 77.4. The highest BCUT2D eigenvalue weighted by molar-refractivity contribution is 5.33. The molecule has 2 aliphatic carbocycles. The van der Waals surface area contributed by atoms with Crippen LogP contribution in [0.25, 0.3) is 0 Å². The first-order chi connectivity index (χ1) is 19.8. The van der Waals surface area contributed by atoms with Crippen LogP contribution < -0.4 is 4.74 Å². The molecule has 0 amide bonds. The molecule has 0 saturated heterocycles. The van der Waals surface area contributed by atoms with Gasteiger partial charge in [0, 0.05) is 12.0 Å². The summed E-state index contributed by atoms with van der Waals surface area (Å²) in [4.78, 5) is 0. The summed E-state index contributed by atoms with van der Waals surface area (Å²) in [6, 6.07) is 5.45. The van der Waals surface area contributed by atoms with E-state index < -0.39 is 35.0 Å². The fraction of sp³-hybridized carbons (Fsp3) is 0.600. The van der Waals surface area contributed by atoms with E-state index >= 15 is 4.39 Å². The zero-order valence-corrected chi connectivity index (χ0v) is 24.5. The molecule has 0 aromatic heterocycles. The molecule has 226 valence electrons. The zero-order chi connectivity index (χ0) is 29.4. The molecule has 2 saturated carbocycles. The quantitative estimate of drug-likeness (QED) is 0.139. The SMILES string of the molecule is CCCCCC1CCC(/C=C/C2CCC(c3ccc(OCCC(F)c4ccc(C)c(F)c4F)c(F)c3F)CC2)CC1. The Balaban J connectivity index is 1.22. The monoisotopic (exact) mass is 576 g/mol. The number of benzene rings is 2. The van der Waals surface area contributed by atoms with Gasteiger partial charge in [-0.2, -0.15) is 4.39 Å². The minimum Gasteiger partial charge on any atom is -0.490 e. The van der Waals surface area contributed by atoms with Gasteiger partial charge in [-0.3, -0.25) is 0 Å². The summed E-state index contributed by atoms with van der Waals surface area (Å²) in [6.45, 7) is 3.35. The van der Waals surface area contributed by atoms with Crippen molar-refractivity contribution in [1.82, 2.24) is 0 Å². The Morgan fingerprint density at radius 1 is 0.780 bits per heavy atom. The van der Waals surface area contributed by atoms with Gasteiger partial charge in [0.05, 0.1) is 6.61 Å². The van der Waals surface area contributed by atoms with Crippen molar-refractivity contribution in [3.63, 3.8) is 0 Å². The molecule has 2 aromatic rings. The number of hydrogen-bond acceptors (Lipinski definition) is 1. The molecule has 41 heavy (non-hydrogen) atoms. The molecule has 0 N–H and O–H groups in total. The van der Waals surface area contributed by atoms with Gasteiger partial charge in [0.1, 0.15) is 6.17 Å². The van der Waals surface area contributed by atoms with Gasteiger partial charge < -0.3 is 4.74 Å². The van der Waals surface area contributed by atoms with Crippen molar-refractivity contribution < 1.29 is 26.7 Å². The second-order valence-corrected chi connectivity index (χ2v) is 12.3. The predicted octanol–water partition coefficient (Wildman–Crippen LogP) is 11.2. The third kappa shape index (κ3) is 8.35. The van der Waals surface area contributed by atoms with E-state index in [2.05, 4.69) is 19.1 Å². The lowest BCUT2D eigenvalue weighted by Crippen LogP contribution is -2.15. The molecule has 1 nitrogen and oxygen atoms in total. The van der Waals surface area contributed by atoms with E-state index in [1.54, 1.807) is 6.07 Å².